The second kappa shape index (κ2) is 5.92. The van der Waals surface area contributed by atoms with Crippen LogP contribution in [0.4, 0.5) is 0 Å². The number of benzene rings is 1. The van der Waals surface area contributed by atoms with E-state index in [1.807, 2.05) is 18.2 Å². The third-order valence-corrected chi connectivity index (χ3v) is 4.80. The Labute approximate surface area is 132 Å². The van der Waals surface area contributed by atoms with E-state index in [-0.39, 0.29) is 12.1 Å². The number of ether oxygens (including phenoxy) is 1. The molecule has 4 nitrogen and oxygen atoms in total. The summed E-state index contributed by atoms with van der Waals surface area (Å²) in [6.45, 7) is 2.30. The standard InChI is InChI=1S/C14H17BrClN3O/c15-12-4-3-9(16)6-11(12)13-7-18-14(17)19(13)8-10-2-1-5-20-10/h3-4,6,10,13H,1-2,5,7-8H2,(H2,17,18). The van der Waals surface area contributed by atoms with Crippen molar-refractivity contribution in [2.75, 3.05) is 19.7 Å². The highest BCUT2D eigenvalue weighted by atomic mass is 79.9. The molecule has 2 N–H and O–H groups in total. The van der Waals surface area contributed by atoms with Gasteiger partial charge in [0.2, 0.25) is 0 Å². The Bertz CT molecular complexity index is 531. The first-order valence-corrected chi connectivity index (χ1v) is 7.95. The van der Waals surface area contributed by atoms with E-state index in [4.69, 9.17) is 22.1 Å². The first-order chi connectivity index (χ1) is 9.65. The molecule has 1 saturated heterocycles. The van der Waals surface area contributed by atoms with Crippen LogP contribution in [0.25, 0.3) is 0 Å². The van der Waals surface area contributed by atoms with Gasteiger partial charge in [0.05, 0.1) is 18.7 Å². The molecular formula is C14H17BrClN3O. The molecule has 0 spiro atoms. The number of nitrogens with two attached hydrogens (primary N) is 1. The first kappa shape index (κ1) is 14.2. The molecule has 1 aromatic rings. The SMILES string of the molecule is NC1=NCC(c2cc(Cl)ccc2Br)N1CC1CCCO1. The molecule has 2 aliphatic heterocycles. The smallest absolute Gasteiger partial charge is 0.192 e. The Morgan fingerprint density at radius 2 is 2.35 bits per heavy atom. The lowest BCUT2D eigenvalue weighted by Gasteiger charge is -2.29. The van der Waals surface area contributed by atoms with Gasteiger partial charge < -0.3 is 15.4 Å². The van der Waals surface area contributed by atoms with Crippen molar-refractivity contribution in [3.05, 3.63) is 33.3 Å². The van der Waals surface area contributed by atoms with Gasteiger partial charge in [0.1, 0.15) is 0 Å². The highest BCUT2D eigenvalue weighted by molar-refractivity contribution is 9.10. The van der Waals surface area contributed by atoms with Crippen molar-refractivity contribution in [2.45, 2.75) is 25.0 Å². The molecule has 3 rings (SSSR count). The van der Waals surface area contributed by atoms with Gasteiger partial charge in [0.25, 0.3) is 0 Å². The number of guanidine groups is 1. The summed E-state index contributed by atoms with van der Waals surface area (Å²) in [4.78, 5) is 6.52. The van der Waals surface area contributed by atoms with Crippen LogP contribution in [0.5, 0.6) is 0 Å². The zero-order valence-corrected chi connectivity index (χ0v) is 13.4. The molecule has 2 aliphatic rings. The van der Waals surface area contributed by atoms with Crippen molar-refractivity contribution < 1.29 is 4.74 Å². The van der Waals surface area contributed by atoms with Gasteiger partial charge in [-0.05, 0) is 36.6 Å². The van der Waals surface area contributed by atoms with E-state index in [2.05, 4.69) is 25.8 Å². The zero-order valence-electron chi connectivity index (χ0n) is 11.1. The minimum Gasteiger partial charge on any atom is -0.376 e. The summed E-state index contributed by atoms with van der Waals surface area (Å²) >= 11 is 9.71. The van der Waals surface area contributed by atoms with E-state index in [1.165, 1.54) is 0 Å². The molecule has 0 saturated carbocycles. The molecule has 0 radical (unpaired) electrons. The van der Waals surface area contributed by atoms with Crippen molar-refractivity contribution in [3.8, 4) is 0 Å². The van der Waals surface area contributed by atoms with Gasteiger partial charge in [-0.1, -0.05) is 27.5 Å². The number of halogens is 2. The number of hydrogen-bond acceptors (Lipinski definition) is 4. The van der Waals surface area contributed by atoms with Gasteiger partial charge in [0.15, 0.2) is 5.96 Å². The van der Waals surface area contributed by atoms with Crippen LogP contribution in [0.15, 0.2) is 27.7 Å². The lowest BCUT2D eigenvalue weighted by Crippen LogP contribution is -2.41. The summed E-state index contributed by atoms with van der Waals surface area (Å²) in [6, 6.07) is 5.95. The first-order valence-electron chi connectivity index (χ1n) is 6.78. The number of nitrogens with zero attached hydrogens (tertiary/aromatic N) is 2. The van der Waals surface area contributed by atoms with Crippen LogP contribution < -0.4 is 5.73 Å². The molecule has 1 fully saturated rings. The number of rotatable bonds is 3. The van der Waals surface area contributed by atoms with Crippen LogP contribution >= 0.6 is 27.5 Å². The molecule has 2 unspecified atom stereocenters. The van der Waals surface area contributed by atoms with E-state index in [9.17, 15) is 0 Å². The van der Waals surface area contributed by atoms with Crippen LogP contribution in [0.2, 0.25) is 5.02 Å². The van der Waals surface area contributed by atoms with E-state index in [0.29, 0.717) is 12.5 Å². The van der Waals surface area contributed by atoms with Crippen LogP contribution in [-0.2, 0) is 4.74 Å². The summed E-state index contributed by atoms with van der Waals surface area (Å²) in [6.07, 6.45) is 2.47. The number of hydrogen-bond donors (Lipinski definition) is 1. The van der Waals surface area contributed by atoms with Gasteiger partial charge in [-0.15, -0.1) is 0 Å². The van der Waals surface area contributed by atoms with Crippen molar-refractivity contribution in [2.24, 2.45) is 10.7 Å². The molecule has 108 valence electrons. The summed E-state index contributed by atoms with van der Waals surface area (Å²) in [5, 5.41) is 0.728. The monoisotopic (exact) mass is 357 g/mol. The Balaban J connectivity index is 1.82. The second-order valence-electron chi connectivity index (χ2n) is 5.17. The maximum atomic E-state index is 6.12. The predicted octanol–water partition coefficient (Wildman–Crippen LogP) is 2.95. The minimum atomic E-state index is 0.132. The summed E-state index contributed by atoms with van der Waals surface area (Å²) in [7, 11) is 0. The average molecular weight is 359 g/mol. The van der Waals surface area contributed by atoms with E-state index in [1.54, 1.807) is 0 Å². The van der Waals surface area contributed by atoms with Gasteiger partial charge in [-0.25, -0.2) is 0 Å². The van der Waals surface area contributed by atoms with Crippen LogP contribution in [0.1, 0.15) is 24.4 Å². The molecule has 0 aromatic heterocycles. The van der Waals surface area contributed by atoms with E-state index < -0.39 is 0 Å². The Morgan fingerprint density at radius 1 is 1.50 bits per heavy atom. The van der Waals surface area contributed by atoms with Gasteiger partial charge in [0, 0.05) is 22.6 Å². The summed E-state index contributed by atoms with van der Waals surface area (Å²) in [5.74, 6) is 0.595. The molecule has 2 atom stereocenters. The van der Waals surface area contributed by atoms with Crippen molar-refractivity contribution in [3.63, 3.8) is 0 Å². The predicted molar refractivity (Wildman–Crippen MR) is 84.1 cm³/mol. The van der Waals surface area contributed by atoms with Crippen molar-refractivity contribution in [1.82, 2.24) is 4.90 Å². The van der Waals surface area contributed by atoms with Crippen LogP contribution in [0.3, 0.4) is 0 Å². The topological polar surface area (TPSA) is 50.8 Å². The van der Waals surface area contributed by atoms with Gasteiger partial charge >= 0.3 is 0 Å². The Morgan fingerprint density at radius 3 is 3.10 bits per heavy atom. The largest absolute Gasteiger partial charge is 0.376 e. The quantitative estimate of drug-likeness (QED) is 0.904. The minimum absolute atomic E-state index is 0.132. The summed E-state index contributed by atoms with van der Waals surface area (Å²) < 4.78 is 6.75. The normalized spacial score (nSPS) is 26.1. The maximum Gasteiger partial charge on any atom is 0.192 e. The van der Waals surface area contributed by atoms with E-state index in [0.717, 1.165) is 41.1 Å². The molecular weight excluding hydrogens is 342 g/mol. The molecule has 0 amide bonds. The second-order valence-corrected chi connectivity index (χ2v) is 6.46. The summed E-state index contributed by atoms with van der Waals surface area (Å²) in [5.41, 5.74) is 7.17. The zero-order chi connectivity index (χ0) is 14.1. The molecule has 20 heavy (non-hydrogen) atoms. The van der Waals surface area contributed by atoms with Gasteiger partial charge in [-0.2, -0.15) is 0 Å². The third-order valence-electron chi connectivity index (χ3n) is 3.84. The molecule has 2 heterocycles. The van der Waals surface area contributed by atoms with Gasteiger partial charge in [-0.3, -0.25) is 4.99 Å². The maximum absolute atomic E-state index is 6.12. The fraction of sp³-hybridized carbons (Fsp3) is 0.500. The fourth-order valence-electron chi connectivity index (χ4n) is 2.79. The highest BCUT2D eigenvalue weighted by Gasteiger charge is 2.32. The Kier molecular flexibility index (Phi) is 4.19. The third kappa shape index (κ3) is 2.80. The van der Waals surface area contributed by atoms with Crippen LogP contribution in [-0.4, -0.2) is 36.7 Å². The Hall–Kier alpha value is -0.780. The lowest BCUT2D eigenvalue weighted by molar-refractivity contribution is 0.0852. The van der Waals surface area contributed by atoms with Crippen molar-refractivity contribution in [1.29, 1.82) is 0 Å². The van der Waals surface area contributed by atoms with Crippen molar-refractivity contribution >= 4 is 33.5 Å². The average Bonchev–Trinajstić information content (AvgIpc) is 3.05. The van der Waals surface area contributed by atoms with Crippen LogP contribution in [0, 0.1) is 0 Å². The molecule has 6 heteroatoms. The highest BCUT2D eigenvalue weighted by Crippen LogP contribution is 2.33. The molecule has 0 bridgehead atoms. The fourth-order valence-corrected chi connectivity index (χ4v) is 3.49. The molecule has 1 aromatic carbocycles. The van der Waals surface area contributed by atoms with E-state index >= 15 is 0 Å². The molecule has 0 aliphatic carbocycles. The number of aliphatic imine (C=N–C) groups is 1. The lowest BCUT2D eigenvalue weighted by atomic mass is 10.1.